The van der Waals surface area contributed by atoms with Crippen LogP contribution < -0.4 is 11.5 Å². The summed E-state index contributed by atoms with van der Waals surface area (Å²) in [6, 6.07) is 3.73. The van der Waals surface area contributed by atoms with E-state index in [0.717, 1.165) is 4.31 Å². The molecule has 0 bridgehead atoms. The molecule has 0 aromatic heterocycles. The summed E-state index contributed by atoms with van der Waals surface area (Å²) in [7, 11) is -2.45. The van der Waals surface area contributed by atoms with Crippen LogP contribution in [0.25, 0.3) is 0 Å². The molecule has 118 valence electrons. The Morgan fingerprint density at radius 2 is 2.05 bits per heavy atom. The van der Waals surface area contributed by atoms with E-state index in [1.54, 1.807) is 0 Å². The number of nitrogens with zero attached hydrogens (tertiary/aromatic N) is 1. The molecule has 0 spiro atoms. The lowest BCUT2D eigenvalue weighted by Crippen LogP contribution is -2.36. The van der Waals surface area contributed by atoms with E-state index in [0.29, 0.717) is 0 Å². The fraction of sp³-hybridized carbons (Fsp3) is 0.417. The average molecular weight is 317 g/mol. The summed E-state index contributed by atoms with van der Waals surface area (Å²) in [5.41, 5.74) is 10.9. The van der Waals surface area contributed by atoms with Crippen molar-refractivity contribution in [3.8, 4) is 0 Å². The number of benzene rings is 1. The number of anilines is 1. The second-order valence-electron chi connectivity index (χ2n) is 4.24. The first kappa shape index (κ1) is 17.4. The fourth-order valence-electron chi connectivity index (χ4n) is 1.73. The number of primary amides is 1. The minimum atomic E-state index is -3.89. The van der Waals surface area contributed by atoms with Crippen LogP contribution in [0.1, 0.15) is 10.4 Å². The zero-order chi connectivity index (χ0) is 16.0. The molecular formula is C12H19N3O5S. The van der Waals surface area contributed by atoms with E-state index in [2.05, 4.69) is 0 Å². The van der Waals surface area contributed by atoms with Crippen molar-refractivity contribution in [1.29, 1.82) is 0 Å². The summed E-state index contributed by atoms with van der Waals surface area (Å²) in [4.78, 5) is 10.9. The fourth-order valence-corrected chi connectivity index (χ4v) is 3.24. The molecule has 0 fully saturated rings. The van der Waals surface area contributed by atoms with Crippen LogP contribution in [0.2, 0.25) is 0 Å². The first-order valence-corrected chi connectivity index (χ1v) is 7.58. The van der Waals surface area contributed by atoms with E-state index in [1.807, 2.05) is 0 Å². The van der Waals surface area contributed by atoms with Crippen LogP contribution >= 0.6 is 0 Å². The van der Waals surface area contributed by atoms with Crippen LogP contribution in [0.4, 0.5) is 5.69 Å². The van der Waals surface area contributed by atoms with Gasteiger partial charge in [-0.15, -0.1) is 0 Å². The number of hydrogen-bond acceptors (Lipinski definition) is 6. The Labute approximate surface area is 123 Å². The Morgan fingerprint density at radius 1 is 1.38 bits per heavy atom. The van der Waals surface area contributed by atoms with Gasteiger partial charge in [-0.2, -0.15) is 4.31 Å². The molecule has 0 unspecified atom stereocenters. The molecule has 1 rings (SSSR count). The largest absolute Gasteiger partial charge is 0.398 e. The minimum Gasteiger partial charge on any atom is -0.398 e. The van der Waals surface area contributed by atoms with Gasteiger partial charge in [0.25, 0.3) is 0 Å². The molecular weight excluding hydrogens is 298 g/mol. The number of ether oxygens (including phenoxy) is 1. The van der Waals surface area contributed by atoms with Crippen LogP contribution in [0.15, 0.2) is 23.1 Å². The number of methoxy groups -OCH3 is 1. The summed E-state index contributed by atoms with van der Waals surface area (Å²) in [6.07, 6.45) is 0. The van der Waals surface area contributed by atoms with Gasteiger partial charge in [0.1, 0.15) is 4.90 Å². The van der Waals surface area contributed by atoms with Crippen molar-refractivity contribution in [1.82, 2.24) is 4.31 Å². The number of hydrogen-bond donors (Lipinski definition) is 3. The molecule has 9 heteroatoms. The van der Waals surface area contributed by atoms with Gasteiger partial charge in [0, 0.05) is 25.8 Å². The molecule has 0 saturated carbocycles. The van der Waals surface area contributed by atoms with Crippen LogP contribution in [-0.2, 0) is 14.8 Å². The molecule has 0 atom stereocenters. The van der Waals surface area contributed by atoms with Gasteiger partial charge >= 0.3 is 0 Å². The van der Waals surface area contributed by atoms with Crippen molar-refractivity contribution in [2.24, 2.45) is 5.73 Å². The SMILES string of the molecule is COCCN(CCO)S(=O)(=O)c1ccc(C(N)=O)cc1N. The molecule has 1 aromatic carbocycles. The Balaban J connectivity index is 3.18. The molecule has 21 heavy (non-hydrogen) atoms. The topological polar surface area (TPSA) is 136 Å². The lowest BCUT2D eigenvalue weighted by atomic mass is 10.2. The van der Waals surface area contributed by atoms with Crippen LogP contribution in [0.3, 0.4) is 0 Å². The van der Waals surface area contributed by atoms with Gasteiger partial charge in [-0.05, 0) is 18.2 Å². The van der Waals surface area contributed by atoms with Crippen LogP contribution in [-0.4, -0.2) is 57.1 Å². The van der Waals surface area contributed by atoms with Gasteiger partial charge in [0.2, 0.25) is 15.9 Å². The van der Waals surface area contributed by atoms with Crippen molar-refractivity contribution in [3.63, 3.8) is 0 Å². The zero-order valence-electron chi connectivity index (χ0n) is 11.7. The minimum absolute atomic E-state index is 0.0772. The highest BCUT2D eigenvalue weighted by Crippen LogP contribution is 2.23. The van der Waals surface area contributed by atoms with Crippen molar-refractivity contribution >= 4 is 21.6 Å². The predicted molar refractivity (Wildman–Crippen MR) is 77.1 cm³/mol. The zero-order valence-corrected chi connectivity index (χ0v) is 12.5. The maximum atomic E-state index is 12.5. The quantitative estimate of drug-likeness (QED) is 0.526. The summed E-state index contributed by atoms with van der Waals surface area (Å²) < 4.78 is 30.9. The number of nitrogens with two attached hydrogens (primary N) is 2. The molecule has 5 N–H and O–H groups in total. The molecule has 1 amide bonds. The number of amides is 1. The maximum absolute atomic E-state index is 12.5. The van der Waals surface area contributed by atoms with E-state index in [1.165, 1.54) is 25.3 Å². The number of sulfonamides is 1. The molecule has 0 saturated heterocycles. The Kier molecular flexibility index (Phi) is 6.09. The van der Waals surface area contributed by atoms with Crippen molar-refractivity contribution in [3.05, 3.63) is 23.8 Å². The number of rotatable bonds is 8. The van der Waals surface area contributed by atoms with Crippen molar-refractivity contribution < 1.29 is 23.1 Å². The molecule has 1 aromatic rings. The smallest absolute Gasteiger partial charge is 0.248 e. The average Bonchev–Trinajstić information content (AvgIpc) is 2.42. The van der Waals surface area contributed by atoms with Gasteiger partial charge in [-0.25, -0.2) is 8.42 Å². The van der Waals surface area contributed by atoms with Crippen molar-refractivity contribution in [2.45, 2.75) is 4.90 Å². The standard InChI is InChI=1S/C12H19N3O5S/c1-20-7-5-15(4-6-16)21(18,19)11-3-2-9(12(14)17)8-10(11)13/h2-3,8,16H,4-7,13H2,1H3,(H2,14,17). The van der Waals surface area contributed by atoms with E-state index in [9.17, 15) is 13.2 Å². The first-order valence-electron chi connectivity index (χ1n) is 6.14. The van der Waals surface area contributed by atoms with Gasteiger partial charge in [0.15, 0.2) is 0 Å². The molecule has 0 radical (unpaired) electrons. The number of nitrogen functional groups attached to an aromatic ring is 1. The normalized spacial score (nSPS) is 11.8. The number of aliphatic hydroxyl groups is 1. The Hall–Kier alpha value is -1.68. The summed E-state index contributed by atoms with van der Waals surface area (Å²) >= 11 is 0. The highest BCUT2D eigenvalue weighted by Gasteiger charge is 2.26. The van der Waals surface area contributed by atoms with Gasteiger partial charge < -0.3 is 21.3 Å². The second kappa shape index (κ2) is 7.36. The maximum Gasteiger partial charge on any atom is 0.248 e. The van der Waals surface area contributed by atoms with Gasteiger partial charge in [0.05, 0.1) is 18.9 Å². The molecule has 8 nitrogen and oxygen atoms in total. The molecule has 0 aliphatic heterocycles. The number of aliphatic hydroxyl groups excluding tert-OH is 1. The summed E-state index contributed by atoms with van der Waals surface area (Å²) in [5.74, 6) is -0.697. The first-order chi connectivity index (χ1) is 9.84. The lowest BCUT2D eigenvalue weighted by molar-refractivity contribution is 0.1000. The van der Waals surface area contributed by atoms with Crippen molar-refractivity contribution in [2.75, 3.05) is 39.1 Å². The summed E-state index contributed by atoms with van der Waals surface area (Å²) in [5, 5.41) is 8.99. The van der Waals surface area contributed by atoms with Gasteiger partial charge in [-0.1, -0.05) is 0 Å². The molecule has 0 aliphatic carbocycles. The lowest BCUT2D eigenvalue weighted by Gasteiger charge is -2.21. The Bertz CT molecular complexity index is 603. The Morgan fingerprint density at radius 3 is 2.52 bits per heavy atom. The van der Waals surface area contributed by atoms with Gasteiger partial charge in [-0.3, -0.25) is 4.79 Å². The number of carbonyl (C=O) groups excluding carboxylic acids is 1. The summed E-state index contributed by atoms with van der Waals surface area (Å²) in [6.45, 7) is -0.153. The highest BCUT2D eigenvalue weighted by molar-refractivity contribution is 7.89. The van der Waals surface area contributed by atoms with E-state index >= 15 is 0 Å². The third-order valence-corrected chi connectivity index (χ3v) is 4.78. The molecule has 0 heterocycles. The van der Waals surface area contributed by atoms with E-state index in [4.69, 9.17) is 21.3 Å². The third-order valence-electron chi connectivity index (χ3n) is 2.81. The predicted octanol–water partition coefficient (Wildman–Crippen LogP) is -1.00. The van der Waals surface area contributed by atoms with E-state index in [-0.39, 0.29) is 42.4 Å². The third kappa shape index (κ3) is 4.14. The van der Waals surface area contributed by atoms with E-state index < -0.39 is 15.9 Å². The monoisotopic (exact) mass is 317 g/mol. The molecule has 0 aliphatic rings. The van der Waals surface area contributed by atoms with Crippen LogP contribution in [0, 0.1) is 0 Å². The van der Waals surface area contributed by atoms with Crippen LogP contribution in [0.5, 0.6) is 0 Å². The highest BCUT2D eigenvalue weighted by atomic mass is 32.2. The number of carbonyl (C=O) groups is 1. The second-order valence-corrected chi connectivity index (χ2v) is 6.14.